The van der Waals surface area contributed by atoms with E-state index in [9.17, 15) is 4.79 Å². The number of hydrogen-bond acceptors (Lipinski definition) is 5. The summed E-state index contributed by atoms with van der Waals surface area (Å²) in [7, 11) is 0. The minimum atomic E-state index is -0.127. The summed E-state index contributed by atoms with van der Waals surface area (Å²) in [5.41, 5.74) is 5.98. The first-order valence-corrected chi connectivity index (χ1v) is 10.4. The summed E-state index contributed by atoms with van der Waals surface area (Å²) in [4.78, 5) is 19.2. The molecule has 3 heterocycles. The fraction of sp³-hybridized carbons (Fsp3) is 0.182. The Labute approximate surface area is 179 Å². The van der Waals surface area contributed by atoms with Gasteiger partial charge in [0.1, 0.15) is 0 Å². The Morgan fingerprint density at radius 2 is 1.90 bits per heavy atom. The molecule has 1 aliphatic rings. The van der Waals surface area contributed by atoms with E-state index in [0.717, 1.165) is 17.0 Å². The minimum absolute atomic E-state index is 0.127. The van der Waals surface area contributed by atoms with Gasteiger partial charge in [-0.2, -0.15) is 5.10 Å². The summed E-state index contributed by atoms with van der Waals surface area (Å²) in [6, 6.07) is 12.1. The molecule has 0 unspecified atom stereocenters. The Balaban J connectivity index is 1.63. The predicted octanol–water partition coefficient (Wildman–Crippen LogP) is 4.66. The second-order valence-corrected chi connectivity index (χ2v) is 8.63. The van der Waals surface area contributed by atoms with E-state index < -0.39 is 0 Å². The van der Waals surface area contributed by atoms with Gasteiger partial charge in [-0.25, -0.2) is 0 Å². The molecule has 0 aliphatic carbocycles. The number of benzene rings is 1. The van der Waals surface area contributed by atoms with Crippen LogP contribution >= 0.6 is 24.0 Å². The molecule has 1 saturated heterocycles. The van der Waals surface area contributed by atoms with E-state index in [1.807, 2.05) is 30.7 Å². The number of rotatable bonds is 4. The van der Waals surface area contributed by atoms with Gasteiger partial charge in [-0.05, 0) is 44.5 Å². The lowest BCUT2D eigenvalue weighted by atomic mass is 10.1. The molecule has 0 bridgehead atoms. The first kappa shape index (κ1) is 19.5. The van der Waals surface area contributed by atoms with Crippen LogP contribution in [0.5, 0.6) is 0 Å². The van der Waals surface area contributed by atoms with E-state index in [4.69, 9.17) is 12.2 Å². The second-order valence-electron chi connectivity index (χ2n) is 6.96. The van der Waals surface area contributed by atoms with Crippen LogP contribution in [0.2, 0.25) is 0 Å². The molecule has 4 rings (SSSR count). The van der Waals surface area contributed by atoms with Crippen molar-refractivity contribution in [2.75, 3.05) is 4.90 Å². The number of carbonyl (C=O) groups is 1. The molecule has 1 amide bonds. The Morgan fingerprint density at radius 1 is 1.14 bits per heavy atom. The average Bonchev–Trinajstić information content (AvgIpc) is 3.14. The molecule has 7 heteroatoms. The van der Waals surface area contributed by atoms with Crippen LogP contribution in [-0.2, 0) is 11.3 Å². The topological polar surface area (TPSA) is 51.0 Å². The van der Waals surface area contributed by atoms with Crippen molar-refractivity contribution in [3.63, 3.8) is 0 Å². The van der Waals surface area contributed by atoms with Crippen LogP contribution in [0.3, 0.4) is 0 Å². The number of anilines is 1. The van der Waals surface area contributed by atoms with Crippen LogP contribution in [0.1, 0.15) is 28.1 Å². The third kappa shape index (κ3) is 3.88. The lowest BCUT2D eigenvalue weighted by molar-refractivity contribution is -0.113. The third-order valence-corrected chi connectivity index (χ3v) is 6.17. The van der Waals surface area contributed by atoms with E-state index in [1.54, 1.807) is 18.5 Å². The molecule has 0 spiro atoms. The molecular formula is C22H20N4OS2. The van der Waals surface area contributed by atoms with Crippen molar-refractivity contribution < 1.29 is 4.79 Å². The van der Waals surface area contributed by atoms with Gasteiger partial charge in [0, 0.05) is 17.5 Å². The highest BCUT2D eigenvalue weighted by atomic mass is 32.2. The zero-order chi connectivity index (χ0) is 20.5. The fourth-order valence-electron chi connectivity index (χ4n) is 3.25. The smallest absolute Gasteiger partial charge is 0.268 e. The van der Waals surface area contributed by atoms with Crippen molar-refractivity contribution in [3.8, 4) is 0 Å². The van der Waals surface area contributed by atoms with Gasteiger partial charge in [0.25, 0.3) is 5.91 Å². The van der Waals surface area contributed by atoms with E-state index in [0.29, 0.717) is 21.5 Å². The van der Waals surface area contributed by atoms with Crippen LogP contribution in [0.25, 0.3) is 6.08 Å². The maximum Gasteiger partial charge on any atom is 0.270 e. The first-order valence-electron chi connectivity index (χ1n) is 9.21. The SMILES string of the molecule is Cc1ccc(Cn2nc(C)c(/C=C3\SC(=S)N(c4cccnc4)C3=O)c2C)cc1. The number of amides is 1. The average molecular weight is 421 g/mol. The van der Waals surface area contributed by atoms with Gasteiger partial charge in [-0.1, -0.05) is 53.8 Å². The van der Waals surface area contributed by atoms with Crippen LogP contribution in [0, 0.1) is 20.8 Å². The molecule has 0 N–H and O–H groups in total. The molecule has 1 fully saturated rings. The number of thioether (sulfide) groups is 1. The predicted molar refractivity (Wildman–Crippen MR) is 122 cm³/mol. The summed E-state index contributed by atoms with van der Waals surface area (Å²) in [5, 5.41) is 4.69. The molecule has 5 nitrogen and oxygen atoms in total. The standard InChI is InChI=1S/C22H20N4OS2/c1-14-6-8-17(9-7-14)13-25-16(3)19(15(2)24-25)11-20-21(27)26(22(28)29-20)18-5-4-10-23-12-18/h4-12H,13H2,1-3H3/b20-11-. The largest absolute Gasteiger partial charge is 0.270 e. The van der Waals surface area contributed by atoms with Gasteiger partial charge in [-0.3, -0.25) is 19.4 Å². The number of carbonyl (C=O) groups excluding carboxylic acids is 1. The lowest BCUT2D eigenvalue weighted by Crippen LogP contribution is -2.27. The van der Waals surface area contributed by atoms with Crippen molar-refractivity contribution in [1.82, 2.24) is 14.8 Å². The molecule has 1 aliphatic heterocycles. The van der Waals surface area contributed by atoms with Crippen molar-refractivity contribution >= 4 is 46.0 Å². The number of pyridine rings is 1. The van der Waals surface area contributed by atoms with Crippen LogP contribution in [0.4, 0.5) is 5.69 Å². The molecule has 29 heavy (non-hydrogen) atoms. The van der Waals surface area contributed by atoms with Gasteiger partial charge >= 0.3 is 0 Å². The van der Waals surface area contributed by atoms with Gasteiger partial charge < -0.3 is 0 Å². The van der Waals surface area contributed by atoms with E-state index in [1.165, 1.54) is 27.8 Å². The molecule has 146 valence electrons. The Morgan fingerprint density at radius 3 is 2.59 bits per heavy atom. The molecule has 0 saturated carbocycles. The number of nitrogens with zero attached hydrogens (tertiary/aromatic N) is 4. The number of hydrogen-bond donors (Lipinski definition) is 0. The maximum atomic E-state index is 13.0. The minimum Gasteiger partial charge on any atom is -0.268 e. The molecule has 3 aromatic rings. The summed E-state index contributed by atoms with van der Waals surface area (Å²) in [6.07, 6.45) is 5.22. The van der Waals surface area contributed by atoms with Crippen molar-refractivity contribution in [1.29, 1.82) is 0 Å². The van der Waals surface area contributed by atoms with Crippen molar-refractivity contribution in [2.45, 2.75) is 27.3 Å². The number of thiocarbonyl (C=S) groups is 1. The first-order chi connectivity index (χ1) is 13.9. The molecular weight excluding hydrogens is 400 g/mol. The number of aryl methyl sites for hydroxylation is 2. The Hall–Kier alpha value is -2.77. The van der Waals surface area contributed by atoms with Crippen LogP contribution < -0.4 is 4.90 Å². The second kappa shape index (κ2) is 7.93. The van der Waals surface area contributed by atoms with Gasteiger partial charge in [0.05, 0.1) is 29.0 Å². The summed E-state index contributed by atoms with van der Waals surface area (Å²) >= 11 is 6.75. The number of aromatic nitrogens is 3. The normalized spacial score (nSPS) is 15.6. The van der Waals surface area contributed by atoms with Gasteiger partial charge in [-0.15, -0.1) is 0 Å². The van der Waals surface area contributed by atoms with Crippen LogP contribution in [-0.4, -0.2) is 25.0 Å². The van der Waals surface area contributed by atoms with E-state index in [2.05, 4.69) is 41.3 Å². The molecule has 1 aromatic carbocycles. The van der Waals surface area contributed by atoms with Gasteiger partial charge in [0.2, 0.25) is 0 Å². The molecule has 0 radical (unpaired) electrons. The molecule has 0 atom stereocenters. The molecule has 2 aromatic heterocycles. The zero-order valence-corrected chi connectivity index (χ0v) is 18.0. The maximum absolute atomic E-state index is 13.0. The van der Waals surface area contributed by atoms with Gasteiger partial charge in [0.15, 0.2) is 4.32 Å². The highest BCUT2D eigenvalue weighted by Crippen LogP contribution is 2.36. The monoisotopic (exact) mass is 420 g/mol. The lowest BCUT2D eigenvalue weighted by Gasteiger charge is -2.13. The van der Waals surface area contributed by atoms with E-state index in [-0.39, 0.29) is 5.91 Å². The van der Waals surface area contributed by atoms with Crippen molar-refractivity contribution in [2.24, 2.45) is 0 Å². The summed E-state index contributed by atoms with van der Waals surface area (Å²) in [6.45, 7) is 6.76. The zero-order valence-electron chi connectivity index (χ0n) is 16.4. The summed E-state index contributed by atoms with van der Waals surface area (Å²) < 4.78 is 2.49. The third-order valence-electron chi connectivity index (χ3n) is 4.86. The highest BCUT2D eigenvalue weighted by Gasteiger charge is 2.33. The quantitative estimate of drug-likeness (QED) is 0.454. The van der Waals surface area contributed by atoms with Crippen LogP contribution in [0.15, 0.2) is 53.7 Å². The van der Waals surface area contributed by atoms with Crippen molar-refractivity contribution in [3.05, 3.63) is 81.8 Å². The Kier molecular flexibility index (Phi) is 5.34. The highest BCUT2D eigenvalue weighted by molar-refractivity contribution is 8.27. The fourth-order valence-corrected chi connectivity index (χ4v) is 4.53. The summed E-state index contributed by atoms with van der Waals surface area (Å²) in [5.74, 6) is -0.127. The van der Waals surface area contributed by atoms with E-state index >= 15 is 0 Å². The Bertz CT molecular complexity index is 1120.